The molecule has 0 saturated carbocycles. The highest BCUT2D eigenvalue weighted by atomic mass is 19.1. The third-order valence-corrected chi connectivity index (χ3v) is 3.78. The predicted molar refractivity (Wildman–Crippen MR) is 84.6 cm³/mol. The number of aromatic nitrogens is 2. The smallest absolute Gasteiger partial charge is 0.322 e. The van der Waals surface area contributed by atoms with Gasteiger partial charge in [-0.2, -0.15) is 5.10 Å². The van der Waals surface area contributed by atoms with Crippen molar-refractivity contribution in [1.82, 2.24) is 14.7 Å². The number of amides is 2. The minimum absolute atomic E-state index is 0.108. The Morgan fingerprint density at radius 2 is 2.26 bits per heavy atom. The van der Waals surface area contributed by atoms with E-state index in [1.54, 1.807) is 35.1 Å². The number of urea groups is 1. The molecular weight excluding hydrogens is 299 g/mol. The normalized spacial score (nSPS) is 14.7. The molecule has 2 aromatic rings. The number of hydrogen-bond donors (Lipinski definition) is 1. The zero-order valence-electron chi connectivity index (χ0n) is 13.1. The summed E-state index contributed by atoms with van der Waals surface area (Å²) in [6.45, 7) is 3.72. The molecule has 2 heterocycles. The van der Waals surface area contributed by atoms with Gasteiger partial charge < -0.3 is 15.0 Å². The molecule has 23 heavy (non-hydrogen) atoms. The number of carbonyl (C=O) groups excluding carboxylic acids is 1. The predicted octanol–water partition coefficient (Wildman–Crippen LogP) is 2.48. The van der Waals surface area contributed by atoms with E-state index in [-0.39, 0.29) is 18.0 Å². The van der Waals surface area contributed by atoms with E-state index in [4.69, 9.17) is 4.74 Å². The molecule has 7 heteroatoms. The number of rotatable bonds is 4. The molecule has 0 aliphatic carbocycles. The molecule has 6 nitrogen and oxygen atoms in total. The maximum absolute atomic E-state index is 13.6. The molecule has 1 aromatic carbocycles. The third kappa shape index (κ3) is 3.34. The van der Waals surface area contributed by atoms with Gasteiger partial charge in [-0.1, -0.05) is 0 Å². The second kappa shape index (κ2) is 6.37. The number of ether oxygens (including phenoxy) is 1. The van der Waals surface area contributed by atoms with E-state index in [0.29, 0.717) is 30.9 Å². The van der Waals surface area contributed by atoms with Gasteiger partial charge in [0.05, 0.1) is 31.1 Å². The maximum atomic E-state index is 13.6. The Morgan fingerprint density at radius 3 is 2.91 bits per heavy atom. The molecule has 1 saturated heterocycles. The number of nitrogens with one attached hydrogen (secondary N) is 1. The standard InChI is InChI=1S/C16H19FN4O2/c1-3-23-13-9-21(10-13)16(22)19-15-5-4-12(17)6-14(15)11-7-18-20(2)8-11/h4-8,13H,3,9-10H2,1-2H3,(H,19,22). The van der Waals surface area contributed by atoms with Gasteiger partial charge in [-0.05, 0) is 25.1 Å². The summed E-state index contributed by atoms with van der Waals surface area (Å²) >= 11 is 0. The third-order valence-electron chi connectivity index (χ3n) is 3.78. The van der Waals surface area contributed by atoms with Crippen LogP contribution in [0.4, 0.5) is 14.9 Å². The molecule has 122 valence electrons. The molecule has 0 bridgehead atoms. The van der Waals surface area contributed by atoms with Crippen molar-refractivity contribution in [2.45, 2.75) is 13.0 Å². The van der Waals surface area contributed by atoms with Gasteiger partial charge in [-0.25, -0.2) is 9.18 Å². The molecule has 3 rings (SSSR count). The number of aryl methyl sites for hydroxylation is 1. The highest BCUT2D eigenvalue weighted by Crippen LogP contribution is 2.29. The van der Waals surface area contributed by atoms with Gasteiger partial charge in [0.25, 0.3) is 0 Å². The highest BCUT2D eigenvalue weighted by Gasteiger charge is 2.31. The minimum Gasteiger partial charge on any atom is -0.375 e. The van der Waals surface area contributed by atoms with Crippen LogP contribution in [-0.4, -0.2) is 46.5 Å². The van der Waals surface area contributed by atoms with Crippen molar-refractivity contribution in [3.8, 4) is 11.1 Å². The molecule has 0 unspecified atom stereocenters. The van der Waals surface area contributed by atoms with E-state index in [1.807, 2.05) is 6.92 Å². The van der Waals surface area contributed by atoms with Gasteiger partial charge in [0.15, 0.2) is 0 Å². The van der Waals surface area contributed by atoms with Gasteiger partial charge in [-0.15, -0.1) is 0 Å². The van der Waals surface area contributed by atoms with Crippen LogP contribution in [0.5, 0.6) is 0 Å². The van der Waals surface area contributed by atoms with Crippen molar-refractivity contribution in [2.75, 3.05) is 25.0 Å². The minimum atomic E-state index is -0.359. The maximum Gasteiger partial charge on any atom is 0.322 e. The molecule has 0 radical (unpaired) electrons. The van der Waals surface area contributed by atoms with Crippen LogP contribution in [0.2, 0.25) is 0 Å². The molecule has 0 atom stereocenters. The van der Waals surface area contributed by atoms with Crippen LogP contribution in [0.15, 0.2) is 30.6 Å². The monoisotopic (exact) mass is 318 g/mol. The Hall–Kier alpha value is -2.41. The first-order chi connectivity index (χ1) is 11.1. The zero-order valence-corrected chi connectivity index (χ0v) is 13.1. The van der Waals surface area contributed by atoms with Crippen molar-refractivity contribution in [3.05, 3.63) is 36.4 Å². The SMILES string of the molecule is CCOC1CN(C(=O)Nc2ccc(F)cc2-c2cnn(C)c2)C1. The van der Waals surface area contributed by atoms with E-state index in [1.165, 1.54) is 12.1 Å². The first-order valence-corrected chi connectivity index (χ1v) is 7.53. The van der Waals surface area contributed by atoms with Crippen molar-refractivity contribution in [2.24, 2.45) is 7.05 Å². The first kappa shape index (κ1) is 15.5. The summed E-state index contributed by atoms with van der Waals surface area (Å²) in [7, 11) is 1.79. The summed E-state index contributed by atoms with van der Waals surface area (Å²) in [5.74, 6) is -0.359. The van der Waals surface area contributed by atoms with Gasteiger partial charge in [0.2, 0.25) is 0 Å². The summed E-state index contributed by atoms with van der Waals surface area (Å²) in [6.07, 6.45) is 3.52. The van der Waals surface area contributed by atoms with Crippen LogP contribution in [0.25, 0.3) is 11.1 Å². The Kier molecular flexibility index (Phi) is 4.29. The lowest BCUT2D eigenvalue weighted by Gasteiger charge is -2.38. The largest absolute Gasteiger partial charge is 0.375 e. The van der Waals surface area contributed by atoms with E-state index in [9.17, 15) is 9.18 Å². The van der Waals surface area contributed by atoms with Crippen LogP contribution in [0.3, 0.4) is 0 Å². The fourth-order valence-corrected chi connectivity index (χ4v) is 2.56. The Bertz CT molecular complexity index is 710. The fourth-order valence-electron chi connectivity index (χ4n) is 2.56. The molecular formula is C16H19FN4O2. The fraction of sp³-hybridized carbons (Fsp3) is 0.375. The van der Waals surface area contributed by atoms with Crippen LogP contribution in [0.1, 0.15) is 6.92 Å². The average molecular weight is 318 g/mol. The van der Waals surface area contributed by atoms with E-state index in [0.717, 1.165) is 5.56 Å². The molecule has 2 amide bonds. The van der Waals surface area contributed by atoms with Gasteiger partial charge >= 0.3 is 6.03 Å². The number of benzene rings is 1. The summed E-state index contributed by atoms with van der Waals surface area (Å²) < 4.78 is 20.7. The number of carbonyl (C=O) groups is 1. The molecule has 1 aromatic heterocycles. The van der Waals surface area contributed by atoms with Crippen molar-refractivity contribution < 1.29 is 13.9 Å². The van der Waals surface area contributed by atoms with Gasteiger partial charge in [0.1, 0.15) is 5.82 Å². The summed E-state index contributed by atoms with van der Waals surface area (Å²) in [5, 5.41) is 6.93. The second-order valence-electron chi connectivity index (χ2n) is 5.51. The zero-order chi connectivity index (χ0) is 16.4. The molecule has 1 aliphatic rings. The number of halogens is 1. The lowest BCUT2D eigenvalue weighted by molar-refractivity contribution is -0.0275. The van der Waals surface area contributed by atoms with Gasteiger partial charge in [0, 0.05) is 31.0 Å². The number of hydrogen-bond acceptors (Lipinski definition) is 3. The van der Waals surface area contributed by atoms with E-state index >= 15 is 0 Å². The second-order valence-corrected chi connectivity index (χ2v) is 5.51. The summed E-state index contributed by atoms with van der Waals surface area (Å²) in [6, 6.07) is 4.08. The van der Waals surface area contributed by atoms with Gasteiger partial charge in [-0.3, -0.25) is 4.68 Å². The number of anilines is 1. The summed E-state index contributed by atoms with van der Waals surface area (Å²) in [4.78, 5) is 13.9. The van der Waals surface area contributed by atoms with E-state index in [2.05, 4.69) is 10.4 Å². The Morgan fingerprint density at radius 1 is 1.48 bits per heavy atom. The Balaban J connectivity index is 1.74. The van der Waals surface area contributed by atoms with E-state index < -0.39 is 0 Å². The lowest BCUT2D eigenvalue weighted by atomic mass is 10.1. The molecule has 1 aliphatic heterocycles. The van der Waals surface area contributed by atoms with Crippen molar-refractivity contribution >= 4 is 11.7 Å². The van der Waals surface area contributed by atoms with Crippen LogP contribution >= 0.6 is 0 Å². The van der Waals surface area contributed by atoms with Crippen molar-refractivity contribution in [1.29, 1.82) is 0 Å². The van der Waals surface area contributed by atoms with Crippen LogP contribution in [-0.2, 0) is 11.8 Å². The van der Waals surface area contributed by atoms with Crippen LogP contribution < -0.4 is 5.32 Å². The summed E-state index contributed by atoms with van der Waals surface area (Å²) in [5.41, 5.74) is 1.91. The molecule has 0 spiro atoms. The molecule has 1 fully saturated rings. The number of likely N-dealkylation sites (tertiary alicyclic amines) is 1. The topological polar surface area (TPSA) is 59.4 Å². The molecule has 1 N–H and O–H groups in total. The lowest BCUT2D eigenvalue weighted by Crippen LogP contribution is -2.56. The first-order valence-electron chi connectivity index (χ1n) is 7.53. The van der Waals surface area contributed by atoms with Crippen LogP contribution in [0, 0.1) is 5.82 Å². The quantitative estimate of drug-likeness (QED) is 0.942. The Labute approximate surface area is 133 Å². The van der Waals surface area contributed by atoms with Crippen molar-refractivity contribution in [3.63, 3.8) is 0 Å². The highest BCUT2D eigenvalue weighted by molar-refractivity contribution is 5.94. The average Bonchev–Trinajstić information content (AvgIpc) is 2.90. The number of nitrogens with zero attached hydrogens (tertiary/aromatic N) is 3.